The van der Waals surface area contributed by atoms with Gasteiger partial charge in [0.25, 0.3) is 0 Å². The van der Waals surface area contributed by atoms with E-state index in [9.17, 15) is 4.39 Å². The summed E-state index contributed by atoms with van der Waals surface area (Å²) in [6.07, 6.45) is -0.0435. The molecule has 2 aromatic carbocycles. The van der Waals surface area contributed by atoms with Crippen molar-refractivity contribution in [1.29, 1.82) is 0 Å². The van der Waals surface area contributed by atoms with Gasteiger partial charge in [0, 0.05) is 11.3 Å². The van der Waals surface area contributed by atoms with Gasteiger partial charge in [-0.1, -0.05) is 30.3 Å². The maximum absolute atomic E-state index is 13.2. The zero-order valence-electron chi connectivity index (χ0n) is 9.06. The van der Waals surface area contributed by atoms with Crippen LogP contribution in [0.4, 0.5) is 10.1 Å². The minimum atomic E-state index is -0.682. The van der Waals surface area contributed by atoms with Gasteiger partial charge in [-0.15, -0.1) is 0 Å². The van der Waals surface area contributed by atoms with E-state index in [0.29, 0.717) is 6.42 Å². The standard InChI is InChI=1S/C14H10FNS/c15-13-7-12(13)10-5-6-14(16-8-17)11-4-2-1-3-9(10)11/h1-6,12-13H,7H2. The molecule has 0 bridgehead atoms. The molecule has 1 saturated carbocycles. The molecule has 2 aromatic rings. The number of hydrogen-bond acceptors (Lipinski definition) is 2. The second-order valence-electron chi connectivity index (χ2n) is 4.28. The number of benzene rings is 2. The Balaban J connectivity index is 2.26. The number of alkyl halides is 1. The average molecular weight is 243 g/mol. The van der Waals surface area contributed by atoms with Crippen LogP contribution in [-0.4, -0.2) is 11.3 Å². The van der Waals surface area contributed by atoms with Crippen molar-refractivity contribution in [2.75, 3.05) is 0 Å². The molecule has 0 spiro atoms. The van der Waals surface area contributed by atoms with E-state index in [1.165, 1.54) is 0 Å². The number of fused-ring (bicyclic) bond motifs is 1. The van der Waals surface area contributed by atoms with Crippen LogP contribution in [0.25, 0.3) is 10.8 Å². The van der Waals surface area contributed by atoms with Crippen LogP contribution < -0.4 is 0 Å². The smallest absolute Gasteiger partial charge is 0.108 e. The summed E-state index contributed by atoms with van der Waals surface area (Å²) < 4.78 is 13.2. The van der Waals surface area contributed by atoms with Crippen LogP contribution in [0.15, 0.2) is 41.4 Å². The topological polar surface area (TPSA) is 12.4 Å². The summed E-state index contributed by atoms with van der Waals surface area (Å²) in [5.74, 6) is 0.0606. The molecule has 0 N–H and O–H groups in total. The second kappa shape index (κ2) is 4.02. The second-order valence-corrected chi connectivity index (χ2v) is 4.46. The highest BCUT2D eigenvalue weighted by atomic mass is 32.1. The van der Waals surface area contributed by atoms with E-state index < -0.39 is 6.17 Å². The lowest BCUT2D eigenvalue weighted by Crippen LogP contribution is -1.86. The molecule has 2 unspecified atom stereocenters. The van der Waals surface area contributed by atoms with E-state index >= 15 is 0 Å². The first-order chi connectivity index (χ1) is 8.31. The molecule has 0 saturated heterocycles. The van der Waals surface area contributed by atoms with Crippen molar-refractivity contribution < 1.29 is 4.39 Å². The van der Waals surface area contributed by atoms with Crippen molar-refractivity contribution in [3.63, 3.8) is 0 Å². The predicted molar refractivity (Wildman–Crippen MR) is 70.9 cm³/mol. The number of rotatable bonds is 2. The Morgan fingerprint density at radius 1 is 1.18 bits per heavy atom. The maximum Gasteiger partial charge on any atom is 0.108 e. The third-order valence-electron chi connectivity index (χ3n) is 3.21. The number of thiocarbonyl (C=S) groups is 1. The number of halogens is 1. The number of aliphatic imine (C=N–C) groups is 1. The van der Waals surface area contributed by atoms with Crippen LogP contribution >= 0.6 is 12.2 Å². The van der Waals surface area contributed by atoms with Crippen molar-refractivity contribution >= 4 is 33.8 Å². The highest BCUT2D eigenvalue weighted by Crippen LogP contribution is 2.47. The third kappa shape index (κ3) is 1.78. The summed E-state index contributed by atoms with van der Waals surface area (Å²) in [6, 6.07) is 11.8. The molecule has 0 aliphatic heterocycles. The lowest BCUT2D eigenvalue weighted by molar-refractivity contribution is 0.469. The van der Waals surface area contributed by atoms with Crippen molar-refractivity contribution in [1.82, 2.24) is 0 Å². The fraction of sp³-hybridized carbons (Fsp3) is 0.214. The van der Waals surface area contributed by atoms with Gasteiger partial charge in [-0.2, -0.15) is 4.99 Å². The average Bonchev–Trinajstić information content (AvgIpc) is 3.07. The maximum atomic E-state index is 13.2. The molecule has 17 heavy (non-hydrogen) atoms. The normalized spacial score (nSPS) is 22.2. The summed E-state index contributed by atoms with van der Waals surface area (Å²) >= 11 is 4.64. The quantitative estimate of drug-likeness (QED) is 0.562. The Labute approximate surface area is 104 Å². The minimum Gasteiger partial charge on any atom is -0.247 e. The van der Waals surface area contributed by atoms with Crippen molar-refractivity contribution in [3.8, 4) is 0 Å². The molecule has 2 atom stereocenters. The molecule has 3 rings (SSSR count). The summed E-state index contributed by atoms with van der Waals surface area (Å²) in [5.41, 5.74) is 1.88. The molecular formula is C14H10FNS. The number of hydrogen-bond donors (Lipinski definition) is 0. The summed E-state index contributed by atoms with van der Waals surface area (Å²) in [7, 11) is 0. The van der Waals surface area contributed by atoms with E-state index in [0.717, 1.165) is 22.0 Å². The molecular weight excluding hydrogens is 233 g/mol. The van der Waals surface area contributed by atoms with Crippen LogP contribution in [0.5, 0.6) is 0 Å². The van der Waals surface area contributed by atoms with Gasteiger partial charge in [-0.25, -0.2) is 4.39 Å². The molecule has 0 radical (unpaired) electrons. The van der Waals surface area contributed by atoms with E-state index in [-0.39, 0.29) is 5.92 Å². The largest absolute Gasteiger partial charge is 0.247 e. The minimum absolute atomic E-state index is 0.0606. The van der Waals surface area contributed by atoms with Crippen LogP contribution in [0, 0.1) is 0 Å². The van der Waals surface area contributed by atoms with Gasteiger partial charge in [0.1, 0.15) is 6.17 Å². The van der Waals surface area contributed by atoms with E-state index in [1.807, 2.05) is 36.4 Å². The van der Waals surface area contributed by atoms with E-state index in [4.69, 9.17) is 0 Å². The molecule has 1 aliphatic carbocycles. The predicted octanol–water partition coefficient (Wildman–Crippen LogP) is 4.40. The van der Waals surface area contributed by atoms with Crippen molar-refractivity contribution in [3.05, 3.63) is 42.0 Å². The van der Waals surface area contributed by atoms with Gasteiger partial charge in [-0.3, -0.25) is 0 Å². The molecule has 0 heterocycles. The zero-order chi connectivity index (χ0) is 11.8. The Hall–Kier alpha value is -1.57. The summed E-state index contributed by atoms with van der Waals surface area (Å²) in [5, 5.41) is 4.47. The zero-order valence-corrected chi connectivity index (χ0v) is 9.88. The van der Waals surface area contributed by atoms with Gasteiger partial charge >= 0.3 is 0 Å². The fourth-order valence-electron chi connectivity index (χ4n) is 2.26. The van der Waals surface area contributed by atoms with Gasteiger partial charge in [0.15, 0.2) is 0 Å². The Bertz CT molecular complexity index is 631. The lowest BCUT2D eigenvalue weighted by atomic mass is 10.00. The first-order valence-electron chi connectivity index (χ1n) is 5.55. The van der Waals surface area contributed by atoms with Gasteiger partial charge < -0.3 is 0 Å². The molecule has 1 nitrogen and oxygen atoms in total. The van der Waals surface area contributed by atoms with E-state index in [2.05, 4.69) is 22.4 Å². The SMILES string of the molecule is FC1CC1c1ccc(N=C=S)c2ccccc12. The first kappa shape index (κ1) is 10.6. The molecule has 3 heteroatoms. The monoisotopic (exact) mass is 243 g/mol. The van der Waals surface area contributed by atoms with Gasteiger partial charge in [0.2, 0.25) is 0 Å². The van der Waals surface area contributed by atoms with Crippen LogP contribution in [0.3, 0.4) is 0 Å². The van der Waals surface area contributed by atoms with Crippen LogP contribution in [0.1, 0.15) is 17.9 Å². The lowest BCUT2D eigenvalue weighted by Gasteiger charge is -2.07. The number of nitrogens with zero attached hydrogens (tertiary/aromatic N) is 1. The van der Waals surface area contributed by atoms with Crippen molar-refractivity contribution in [2.45, 2.75) is 18.5 Å². The van der Waals surface area contributed by atoms with Gasteiger partial charge in [0.05, 0.1) is 10.8 Å². The fourth-order valence-corrected chi connectivity index (χ4v) is 2.36. The molecule has 84 valence electrons. The van der Waals surface area contributed by atoms with Crippen LogP contribution in [-0.2, 0) is 0 Å². The first-order valence-corrected chi connectivity index (χ1v) is 5.95. The number of isothiocyanates is 1. The van der Waals surface area contributed by atoms with Crippen molar-refractivity contribution in [2.24, 2.45) is 4.99 Å². The third-order valence-corrected chi connectivity index (χ3v) is 3.30. The van der Waals surface area contributed by atoms with Gasteiger partial charge in [-0.05, 0) is 35.7 Å². The molecule has 1 aliphatic rings. The Morgan fingerprint density at radius 2 is 1.88 bits per heavy atom. The highest BCUT2D eigenvalue weighted by Gasteiger charge is 2.39. The molecule has 0 aromatic heterocycles. The summed E-state index contributed by atoms with van der Waals surface area (Å²) in [6.45, 7) is 0. The summed E-state index contributed by atoms with van der Waals surface area (Å²) in [4.78, 5) is 4.05. The Morgan fingerprint density at radius 3 is 2.53 bits per heavy atom. The van der Waals surface area contributed by atoms with Crippen LogP contribution in [0.2, 0.25) is 0 Å². The Kier molecular flexibility index (Phi) is 2.50. The molecule has 1 fully saturated rings. The highest BCUT2D eigenvalue weighted by molar-refractivity contribution is 7.78. The van der Waals surface area contributed by atoms with E-state index in [1.54, 1.807) is 0 Å². The molecule has 0 amide bonds.